The van der Waals surface area contributed by atoms with Crippen molar-refractivity contribution in [3.63, 3.8) is 0 Å². The Kier molecular flexibility index (Phi) is 5.21. The summed E-state index contributed by atoms with van der Waals surface area (Å²) >= 11 is 0. The van der Waals surface area contributed by atoms with E-state index >= 15 is 0 Å². The standard InChI is InChI=1S/C17H19NO3/c1-20-16-7-3-5-14(11-16)12-21-17(19)9-8-13-4-2-6-15(18)10-13/h2-7,10-11H,8-9,12,18H2,1H3. The van der Waals surface area contributed by atoms with Gasteiger partial charge in [0, 0.05) is 12.1 Å². The summed E-state index contributed by atoms with van der Waals surface area (Å²) < 4.78 is 10.4. The normalized spacial score (nSPS) is 10.1. The lowest BCUT2D eigenvalue weighted by molar-refractivity contribution is -0.144. The SMILES string of the molecule is COc1cccc(COC(=O)CCc2cccc(N)c2)c1. The number of rotatable bonds is 6. The lowest BCUT2D eigenvalue weighted by atomic mass is 10.1. The Morgan fingerprint density at radius 3 is 2.62 bits per heavy atom. The summed E-state index contributed by atoms with van der Waals surface area (Å²) in [5, 5.41) is 0. The fourth-order valence-corrected chi connectivity index (χ4v) is 1.99. The van der Waals surface area contributed by atoms with Crippen LogP contribution in [0.4, 0.5) is 5.69 Å². The number of hydrogen-bond donors (Lipinski definition) is 1. The van der Waals surface area contributed by atoms with Crippen LogP contribution in [0.3, 0.4) is 0 Å². The molecule has 21 heavy (non-hydrogen) atoms. The molecule has 0 bridgehead atoms. The van der Waals surface area contributed by atoms with Gasteiger partial charge < -0.3 is 15.2 Å². The monoisotopic (exact) mass is 285 g/mol. The van der Waals surface area contributed by atoms with Crippen LogP contribution in [-0.2, 0) is 22.6 Å². The molecule has 0 fully saturated rings. The van der Waals surface area contributed by atoms with Crippen molar-refractivity contribution in [2.75, 3.05) is 12.8 Å². The molecular formula is C17H19NO3. The first-order valence-electron chi connectivity index (χ1n) is 6.80. The molecule has 2 N–H and O–H groups in total. The molecule has 0 heterocycles. The summed E-state index contributed by atoms with van der Waals surface area (Å²) in [6, 6.07) is 15.0. The molecule has 2 aromatic carbocycles. The highest BCUT2D eigenvalue weighted by atomic mass is 16.5. The van der Waals surface area contributed by atoms with E-state index in [1.54, 1.807) is 7.11 Å². The summed E-state index contributed by atoms with van der Waals surface area (Å²) in [5.41, 5.74) is 8.35. The number of aryl methyl sites for hydroxylation is 1. The van der Waals surface area contributed by atoms with E-state index in [1.165, 1.54) is 0 Å². The lowest BCUT2D eigenvalue weighted by Gasteiger charge is -2.07. The first-order chi connectivity index (χ1) is 10.2. The molecule has 0 unspecified atom stereocenters. The van der Waals surface area contributed by atoms with E-state index in [9.17, 15) is 4.79 Å². The molecule has 0 atom stereocenters. The molecule has 4 nitrogen and oxygen atoms in total. The van der Waals surface area contributed by atoms with Crippen LogP contribution in [0.15, 0.2) is 48.5 Å². The quantitative estimate of drug-likeness (QED) is 0.654. The van der Waals surface area contributed by atoms with E-state index in [0.717, 1.165) is 16.9 Å². The largest absolute Gasteiger partial charge is 0.497 e. The number of benzene rings is 2. The molecule has 0 saturated carbocycles. The summed E-state index contributed by atoms with van der Waals surface area (Å²) in [4.78, 5) is 11.7. The molecule has 0 radical (unpaired) electrons. The first-order valence-corrected chi connectivity index (χ1v) is 6.80. The smallest absolute Gasteiger partial charge is 0.306 e. The third-order valence-corrected chi connectivity index (χ3v) is 3.10. The first kappa shape index (κ1) is 14.9. The molecule has 110 valence electrons. The van der Waals surface area contributed by atoms with Crippen molar-refractivity contribution >= 4 is 11.7 Å². The summed E-state index contributed by atoms with van der Waals surface area (Å²) in [6.07, 6.45) is 0.968. The molecule has 2 aromatic rings. The van der Waals surface area contributed by atoms with E-state index in [-0.39, 0.29) is 12.6 Å². The number of carbonyl (C=O) groups excluding carboxylic acids is 1. The Morgan fingerprint density at radius 2 is 1.86 bits per heavy atom. The van der Waals surface area contributed by atoms with Crippen molar-refractivity contribution in [3.8, 4) is 5.75 Å². The highest BCUT2D eigenvalue weighted by Gasteiger charge is 2.05. The van der Waals surface area contributed by atoms with E-state index in [2.05, 4.69) is 0 Å². The molecule has 0 aliphatic heterocycles. The van der Waals surface area contributed by atoms with Gasteiger partial charge in [0.05, 0.1) is 7.11 Å². The van der Waals surface area contributed by atoms with Gasteiger partial charge in [-0.25, -0.2) is 0 Å². The Balaban J connectivity index is 1.79. The van der Waals surface area contributed by atoms with Crippen molar-refractivity contribution in [1.29, 1.82) is 0 Å². The lowest BCUT2D eigenvalue weighted by Crippen LogP contribution is -2.06. The average molecular weight is 285 g/mol. The Hall–Kier alpha value is -2.49. The van der Waals surface area contributed by atoms with Crippen molar-refractivity contribution in [2.24, 2.45) is 0 Å². The van der Waals surface area contributed by atoms with Gasteiger partial charge in [-0.05, 0) is 41.8 Å². The third kappa shape index (κ3) is 4.84. The van der Waals surface area contributed by atoms with Crippen molar-refractivity contribution in [2.45, 2.75) is 19.4 Å². The van der Waals surface area contributed by atoms with Gasteiger partial charge in [0.2, 0.25) is 0 Å². The number of carbonyl (C=O) groups is 1. The fraction of sp³-hybridized carbons (Fsp3) is 0.235. The van der Waals surface area contributed by atoms with E-state index in [0.29, 0.717) is 18.5 Å². The van der Waals surface area contributed by atoms with Crippen LogP contribution >= 0.6 is 0 Å². The minimum absolute atomic E-state index is 0.222. The molecule has 0 amide bonds. The van der Waals surface area contributed by atoms with Crippen LogP contribution in [0.2, 0.25) is 0 Å². The van der Waals surface area contributed by atoms with Gasteiger partial charge in [0.25, 0.3) is 0 Å². The van der Waals surface area contributed by atoms with Crippen LogP contribution < -0.4 is 10.5 Å². The highest BCUT2D eigenvalue weighted by Crippen LogP contribution is 2.14. The zero-order valence-electron chi connectivity index (χ0n) is 12.0. The molecule has 0 spiro atoms. The fourth-order valence-electron chi connectivity index (χ4n) is 1.99. The van der Waals surface area contributed by atoms with Crippen LogP contribution in [0.5, 0.6) is 5.75 Å². The second kappa shape index (κ2) is 7.33. The number of methoxy groups -OCH3 is 1. The maximum absolute atomic E-state index is 11.7. The Labute approximate surface area is 124 Å². The van der Waals surface area contributed by atoms with Crippen LogP contribution in [0.1, 0.15) is 17.5 Å². The molecule has 0 saturated heterocycles. The number of anilines is 1. The van der Waals surface area contributed by atoms with Gasteiger partial charge in [-0.1, -0.05) is 24.3 Å². The minimum Gasteiger partial charge on any atom is -0.497 e. The van der Waals surface area contributed by atoms with E-state index in [1.807, 2.05) is 48.5 Å². The maximum atomic E-state index is 11.7. The van der Waals surface area contributed by atoms with Crippen LogP contribution in [0.25, 0.3) is 0 Å². The molecule has 0 aliphatic carbocycles. The average Bonchev–Trinajstić information content (AvgIpc) is 2.51. The van der Waals surface area contributed by atoms with E-state index in [4.69, 9.17) is 15.2 Å². The second-order valence-electron chi connectivity index (χ2n) is 4.76. The molecule has 2 rings (SSSR count). The Bertz CT molecular complexity index is 610. The second-order valence-corrected chi connectivity index (χ2v) is 4.76. The van der Waals surface area contributed by atoms with Crippen molar-refractivity contribution < 1.29 is 14.3 Å². The molecule has 0 aromatic heterocycles. The van der Waals surface area contributed by atoms with Gasteiger partial charge in [-0.15, -0.1) is 0 Å². The zero-order valence-corrected chi connectivity index (χ0v) is 12.0. The maximum Gasteiger partial charge on any atom is 0.306 e. The summed E-state index contributed by atoms with van der Waals surface area (Å²) in [7, 11) is 1.61. The van der Waals surface area contributed by atoms with E-state index < -0.39 is 0 Å². The van der Waals surface area contributed by atoms with Crippen LogP contribution in [0, 0.1) is 0 Å². The van der Waals surface area contributed by atoms with Gasteiger partial charge in [0.15, 0.2) is 0 Å². The van der Waals surface area contributed by atoms with Gasteiger partial charge in [-0.3, -0.25) is 4.79 Å². The third-order valence-electron chi connectivity index (χ3n) is 3.10. The van der Waals surface area contributed by atoms with Gasteiger partial charge in [0.1, 0.15) is 12.4 Å². The highest BCUT2D eigenvalue weighted by molar-refractivity contribution is 5.69. The van der Waals surface area contributed by atoms with Crippen LogP contribution in [-0.4, -0.2) is 13.1 Å². The number of esters is 1. The van der Waals surface area contributed by atoms with Gasteiger partial charge in [-0.2, -0.15) is 0 Å². The predicted octanol–water partition coefficient (Wildman–Crippen LogP) is 2.95. The van der Waals surface area contributed by atoms with Crippen molar-refractivity contribution in [1.82, 2.24) is 0 Å². The number of nitrogens with two attached hydrogens (primary N) is 1. The Morgan fingerprint density at radius 1 is 1.10 bits per heavy atom. The number of ether oxygens (including phenoxy) is 2. The number of hydrogen-bond acceptors (Lipinski definition) is 4. The summed E-state index contributed by atoms with van der Waals surface area (Å²) in [6.45, 7) is 0.257. The zero-order chi connectivity index (χ0) is 15.1. The minimum atomic E-state index is -0.222. The van der Waals surface area contributed by atoms with Gasteiger partial charge >= 0.3 is 5.97 Å². The molecule has 0 aliphatic rings. The molecule has 4 heteroatoms. The topological polar surface area (TPSA) is 61.5 Å². The van der Waals surface area contributed by atoms with Crippen molar-refractivity contribution in [3.05, 3.63) is 59.7 Å². The summed E-state index contributed by atoms with van der Waals surface area (Å²) in [5.74, 6) is 0.531. The number of nitrogen functional groups attached to an aromatic ring is 1. The molecular weight excluding hydrogens is 266 g/mol. The predicted molar refractivity (Wildman–Crippen MR) is 82.0 cm³/mol.